The van der Waals surface area contributed by atoms with Crippen LogP contribution in [0, 0.1) is 19.8 Å². The summed E-state index contributed by atoms with van der Waals surface area (Å²) in [4.78, 5) is 46.5. The Morgan fingerprint density at radius 1 is 0.951 bits per heavy atom. The molecule has 2 aliphatic heterocycles. The van der Waals surface area contributed by atoms with Gasteiger partial charge in [0.25, 0.3) is 0 Å². The van der Waals surface area contributed by atoms with E-state index in [-0.39, 0.29) is 24.2 Å². The summed E-state index contributed by atoms with van der Waals surface area (Å²) in [5, 5.41) is 3.29. The predicted octanol–water partition coefficient (Wildman–Crippen LogP) is 3.52. The van der Waals surface area contributed by atoms with Crippen LogP contribution in [-0.4, -0.2) is 80.4 Å². The van der Waals surface area contributed by atoms with Gasteiger partial charge in [0.05, 0.1) is 24.6 Å². The smallest absolute Gasteiger partial charge is 0.249 e. The van der Waals surface area contributed by atoms with Crippen LogP contribution in [0.15, 0.2) is 65.1 Å². The highest BCUT2D eigenvalue weighted by atomic mass is 16.5. The summed E-state index contributed by atoms with van der Waals surface area (Å²) in [6, 6.07) is 17.0. The first-order valence-corrected chi connectivity index (χ1v) is 14.0. The van der Waals surface area contributed by atoms with Gasteiger partial charge in [-0.3, -0.25) is 14.4 Å². The summed E-state index contributed by atoms with van der Waals surface area (Å²) in [6.07, 6.45) is 0. The van der Waals surface area contributed by atoms with Crippen molar-refractivity contribution < 1.29 is 28.3 Å². The second-order valence-corrected chi connectivity index (χ2v) is 10.6. The van der Waals surface area contributed by atoms with Crippen LogP contribution in [-0.2, 0) is 14.3 Å². The van der Waals surface area contributed by atoms with E-state index in [1.807, 2.05) is 54.6 Å². The molecule has 2 aromatic carbocycles. The van der Waals surface area contributed by atoms with Crippen LogP contribution >= 0.6 is 0 Å². The summed E-state index contributed by atoms with van der Waals surface area (Å²) in [5.74, 6) is -0.276. The largest absolute Gasteiger partial charge is 0.497 e. The Hall–Kier alpha value is -3.95. The number of nitrogens with zero attached hydrogens (tertiary/aromatic N) is 2. The molecule has 41 heavy (non-hydrogen) atoms. The third-order valence-electron chi connectivity index (χ3n) is 8.16. The number of Topliss-reactive ketones (excluding diaryl/α,β-unsaturated/α-hetero) is 1. The van der Waals surface area contributed by atoms with Gasteiger partial charge in [-0.2, -0.15) is 0 Å². The number of likely N-dealkylation sites (tertiary alicyclic amines) is 1. The SMILES string of the molecule is COCC(=O)N1C(C(=O)N2CCNCC2)C(c2ccc(OC)cc2)C(C(=O)c2cc(C)oc2C)C1c1ccccc1. The molecule has 4 atom stereocenters. The van der Waals surface area contributed by atoms with Crippen LogP contribution in [0.3, 0.4) is 0 Å². The lowest BCUT2D eigenvalue weighted by atomic mass is 9.76. The molecule has 1 N–H and O–H groups in total. The molecule has 1 aromatic heterocycles. The third kappa shape index (κ3) is 5.52. The Kier molecular flexibility index (Phi) is 8.56. The van der Waals surface area contributed by atoms with Crippen LogP contribution in [0.25, 0.3) is 0 Å². The zero-order valence-electron chi connectivity index (χ0n) is 24.0. The lowest BCUT2D eigenvalue weighted by Crippen LogP contribution is -2.55. The Labute approximate surface area is 240 Å². The van der Waals surface area contributed by atoms with Crippen LogP contribution in [0.4, 0.5) is 0 Å². The van der Waals surface area contributed by atoms with E-state index in [9.17, 15) is 14.4 Å². The maximum absolute atomic E-state index is 14.7. The van der Waals surface area contributed by atoms with Crippen molar-refractivity contribution in [2.75, 3.05) is 47.0 Å². The Morgan fingerprint density at radius 3 is 2.22 bits per heavy atom. The summed E-state index contributed by atoms with van der Waals surface area (Å²) in [5.41, 5.74) is 2.02. The van der Waals surface area contributed by atoms with Gasteiger partial charge in [-0.15, -0.1) is 0 Å². The summed E-state index contributed by atoms with van der Waals surface area (Å²) < 4.78 is 16.5. The van der Waals surface area contributed by atoms with E-state index < -0.39 is 23.9 Å². The van der Waals surface area contributed by atoms with Crippen LogP contribution < -0.4 is 10.1 Å². The highest BCUT2D eigenvalue weighted by molar-refractivity contribution is 6.02. The molecule has 3 aromatic rings. The van der Waals surface area contributed by atoms with Gasteiger partial charge in [-0.25, -0.2) is 0 Å². The van der Waals surface area contributed by atoms with Gasteiger partial charge in [0.2, 0.25) is 11.8 Å². The number of rotatable bonds is 8. The van der Waals surface area contributed by atoms with Gasteiger partial charge >= 0.3 is 0 Å². The van der Waals surface area contributed by atoms with Crippen molar-refractivity contribution in [2.24, 2.45) is 5.92 Å². The third-order valence-corrected chi connectivity index (χ3v) is 8.16. The number of carbonyl (C=O) groups excluding carboxylic acids is 3. The first-order valence-electron chi connectivity index (χ1n) is 14.0. The average Bonchev–Trinajstić information content (AvgIpc) is 3.54. The average molecular weight is 560 g/mol. The van der Waals surface area contributed by atoms with Crippen molar-refractivity contribution in [3.63, 3.8) is 0 Å². The lowest BCUT2D eigenvalue weighted by Gasteiger charge is -2.36. The van der Waals surface area contributed by atoms with E-state index in [0.717, 1.165) is 11.1 Å². The van der Waals surface area contributed by atoms with Crippen molar-refractivity contribution >= 4 is 17.6 Å². The minimum absolute atomic E-state index is 0.167. The maximum atomic E-state index is 14.7. The molecule has 0 radical (unpaired) electrons. The van der Waals surface area contributed by atoms with E-state index in [1.54, 1.807) is 36.8 Å². The Bertz CT molecular complexity index is 1380. The number of piperazine rings is 1. The number of nitrogens with one attached hydrogen (secondary N) is 1. The Morgan fingerprint density at radius 2 is 1.63 bits per heavy atom. The van der Waals surface area contributed by atoms with Crippen molar-refractivity contribution in [1.29, 1.82) is 0 Å². The van der Waals surface area contributed by atoms with E-state index in [4.69, 9.17) is 13.9 Å². The van der Waals surface area contributed by atoms with Crippen molar-refractivity contribution in [3.8, 4) is 5.75 Å². The first kappa shape index (κ1) is 28.6. The molecule has 9 heteroatoms. The second-order valence-electron chi connectivity index (χ2n) is 10.6. The van der Waals surface area contributed by atoms with Gasteiger partial charge < -0.3 is 29.0 Å². The van der Waals surface area contributed by atoms with E-state index in [1.165, 1.54) is 7.11 Å². The van der Waals surface area contributed by atoms with Crippen molar-refractivity contribution in [3.05, 3.63) is 88.9 Å². The van der Waals surface area contributed by atoms with Crippen LogP contribution in [0.5, 0.6) is 5.75 Å². The molecule has 2 saturated heterocycles. The van der Waals surface area contributed by atoms with E-state index in [2.05, 4.69) is 5.32 Å². The molecule has 4 unspecified atom stereocenters. The number of benzene rings is 2. The maximum Gasteiger partial charge on any atom is 0.249 e. The number of amides is 2. The van der Waals surface area contributed by atoms with Gasteiger partial charge in [0.15, 0.2) is 5.78 Å². The normalized spacial score (nSPS) is 22.5. The molecule has 216 valence electrons. The number of ether oxygens (including phenoxy) is 2. The molecule has 5 rings (SSSR count). The fourth-order valence-electron chi connectivity index (χ4n) is 6.36. The fraction of sp³-hybridized carbons (Fsp3) is 0.406. The second kappa shape index (κ2) is 12.3. The van der Waals surface area contributed by atoms with Crippen LogP contribution in [0.2, 0.25) is 0 Å². The molecule has 3 heterocycles. The number of furan rings is 1. The minimum Gasteiger partial charge on any atom is -0.497 e. The quantitative estimate of drug-likeness (QED) is 0.422. The monoisotopic (exact) mass is 559 g/mol. The highest BCUT2D eigenvalue weighted by Gasteiger charge is 2.58. The lowest BCUT2D eigenvalue weighted by molar-refractivity contribution is -0.148. The molecule has 0 saturated carbocycles. The zero-order chi connectivity index (χ0) is 29.1. The molecule has 9 nitrogen and oxygen atoms in total. The molecule has 0 spiro atoms. The van der Waals surface area contributed by atoms with Gasteiger partial charge in [0.1, 0.15) is 29.9 Å². The first-order chi connectivity index (χ1) is 19.8. The van der Waals surface area contributed by atoms with Gasteiger partial charge in [0, 0.05) is 39.2 Å². The number of methoxy groups -OCH3 is 2. The van der Waals surface area contributed by atoms with E-state index >= 15 is 0 Å². The van der Waals surface area contributed by atoms with Gasteiger partial charge in [-0.1, -0.05) is 42.5 Å². The zero-order valence-corrected chi connectivity index (χ0v) is 24.0. The number of carbonyl (C=O) groups is 3. The number of ketones is 1. The minimum atomic E-state index is -0.920. The number of hydrogen-bond acceptors (Lipinski definition) is 7. The summed E-state index contributed by atoms with van der Waals surface area (Å²) >= 11 is 0. The summed E-state index contributed by atoms with van der Waals surface area (Å²) in [7, 11) is 3.05. The van der Waals surface area contributed by atoms with Crippen LogP contribution in [0.1, 0.15) is 45.0 Å². The van der Waals surface area contributed by atoms with Gasteiger partial charge in [-0.05, 0) is 43.2 Å². The fourth-order valence-corrected chi connectivity index (χ4v) is 6.36. The molecule has 2 amide bonds. The summed E-state index contributed by atoms with van der Waals surface area (Å²) in [6.45, 7) is 5.73. The highest BCUT2D eigenvalue weighted by Crippen LogP contribution is 2.52. The number of hydrogen-bond donors (Lipinski definition) is 1. The molecule has 2 aliphatic rings. The molecule has 0 bridgehead atoms. The molecular weight excluding hydrogens is 522 g/mol. The molecular formula is C32H37N3O6. The Balaban J connectivity index is 1.75. The van der Waals surface area contributed by atoms with Crippen molar-refractivity contribution in [2.45, 2.75) is 31.8 Å². The topological polar surface area (TPSA) is 101 Å². The predicted molar refractivity (Wildman–Crippen MR) is 153 cm³/mol. The molecule has 0 aliphatic carbocycles. The number of aryl methyl sites for hydroxylation is 2. The molecule has 2 fully saturated rings. The van der Waals surface area contributed by atoms with E-state index in [0.29, 0.717) is 49.0 Å². The standard InChI is InChI=1S/C32H37N3O6/c1-20-18-25(21(2)41-20)31(37)28-27(22-10-12-24(40-4)13-11-22)30(32(38)34-16-14-33-15-17-34)35(26(36)19-39-3)29(28)23-8-6-5-7-9-23/h5-13,18,27-30,33H,14-17,19H2,1-4H3. The van der Waals surface area contributed by atoms with Crippen molar-refractivity contribution in [1.82, 2.24) is 15.1 Å².